The molecule has 0 spiro atoms. The van der Waals surface area contributed by atoms with Gasteiger partial charge in [0.05, 0.1) is 34.3 Å². The van der Waals surface area contributed by atoms with Crippen molar-refractivity contribution in [2.45, 2.75) is 6.92 Å². The third kappa shape index (κ3) is 5.61. The van der Waals surface area contributed by atoms with Crippen molar-refractivity contribution in [2.75, 3.05) is 24.0 Å². The number of allylic oxidation sites excluding steroid dienone is 1. The first kappa shape index (κ1) is 24.7. The molecule has 36 heavy (non-hydrogen) atoms. The van der Waals surface area contributed by atoms with E-state index in [0.717, 1.165) is 28.7 Å². The van der Waals surface area contributed by atoms with Gasteiger partial charge in [0.2, 0.25) is 5.04 Å². The molecule has 1 N–H and O–H groups in total. The highest BCUT2D eigenvalue weighted by atomic mass is 32.2. The summed E-state index contributed by atoms with van der Waals surface area (Å²) in [6.07, 6.45) is 1.84. The predicted octanol–water partition coefficient (Wildman–Crippen LogP) is 5.73. The van der Waals surface area contributed by atoms with E-state index in [0.29, 0.717) is 16.4 Å². The van der Waals surface area contributed by atoms with Gasteiger partial charge in [0, 0.05) is 24.7 Å². The highest BCUT2D eigenvalue weighted by Gasteiger charge is 2.29. The smallest absolute Gasteiger partial charge is 0.365 e. The highest BCUT2D eigenvalue weighted by Crippen LogP contribution is 2.36. The van der Waals surface area contributed by atoms with E-state index in [2.05, 4.69) is 10.4 Å². The van der Waals surface area contributed by atoms with Crippen LogP contribution in [0.3, 0.4) is 0 Å². The topological polar surface area (TPSA) is 109 Å². The minimum Gasteiger partial charge on any atom is -0.461 e. The number of para-hydroxylation sites is 2. The van der Waals surface area contributed by atoms with Crippen molar-refractivity contribution in [3.63, 3.8) is 0 Å². The summed E-state index contributed by atoms with van der Waals surface area (Å²) in [5.41, 5.74) is 3.63. The van der Waals surface area contributed by atoms with Gasteiger partial charge < -0.3 is 10.1 Å². The zero-order chi connectivity index (χ0) is 25.5. The van der Waals surface area contributed by atoms with Crippen LogP contribution in [0, 0.1) is 10.1 Å². The number of nitro benzene ring substituents is 1. The summed E-state index contributed by atoms with van der Waals surface area (Å²) >= 11 is 1.15. The van der Waals surface area contributed by atoms with Gasteiger partial charge >= 0.3 is 5.97 Å². The average Bonchev–Trinajstić information content (AvgIpc) is 3.33. The molecule has 0 atom stereocenters. The number of hydrogen-bond acceptors (Lipinski definition) is 9. The van der Waals surface area contributed by atoms with E-state index in [1.807, 2.05) is 67.7 Å². The Balaban J connectivity index is 1.82. The molecule has 0 saturated carbocycles. The highest BCUT2D eigenvalue weighted by molar-refractivity contribution is 8.19. The lowest BCUT2D eigenvalue weighted by atomic mass is 10.1. The number of rotatable bonds is 8. The Morgan fingerprint density at radius 1 is 1.11 bits per heavy atom. The number of hydrazone groups is 1. The summed E-state index contributed by atoms with van der Waals surface area (Å²) in [5.74, 6) is -0.545. The second-order valence-corrected chi connectivity index (χ2v) is 8.43. The maximum absolute atomic E-state index is 12.5. The minimum atomic E-state index is -0.545. The predicted molar refractivity (Wildman–Crippen MR) is 144 cm³/mol. The Bertz CT molecular complexity index is 1350. The largest absolute Gasteiger partial charge is 0.461 e. The number of nitro groups is 1. The molecular weight excluding hydrogens is 478 g/mol. The van der Waals surface area contributed by atoms with Crippen LogP contribution < -0.4 is 10.3 Å². The number of carbonyl (C=O) groups is 1. The van der Waals surface area contributed by atoms with Gasteiger partial charge in [-0.05, 0) is 49.0 Å². The van der Waals surface area contributed by atoms with Gasteiger partial charge in [-0.15, -0.1) is 0 Å². The molecule has 3 aromatic rings. The summed E-state index contributed by atoms with van der Waals surface area (Å²) in [7, 11) is 1.83. The molecule has 0 saturated heterocycles. The lowest BCUT2D eigenvalue weighted by molar-refractivity contribution is -0.384. The van der Waals surface area contributed by atoms with E-state index < -0.39 is 10.9 Å². The summed E-state index contributed by atoms with van der Waals surface area (Å²) in [5, 5.41) is 21.0. The first-order valence-electron chi connectivity index (χ1n) is 11.1. The number of hydrogen-bond donors (Lipinski definition) is 1. The SMILES string of the molecule is CCOC(=O)C1=NN(c2ccc([N+](=O)[O-])cc2)/C(=C/C(=Nc2ccccc2NC)c2ccccc2)S1. The molecule has 1 heterocycles. The molecule has 0 unspecified atom stereocenters. The van der Waals surface area contributed by atoms with E-state index in [4.69, 9.17) is 9.73 Å². The lowest BCUT2D eigenvalue weighted by Gasteiger charge is -2.16. The Kier molecular flexibility index (Phi) is 7.76. The van der Waals surface area contributed by atoms with Crippen LogP contribution in [0.1, 0.15) is 12.5 Å². The number of benzene rings is 3. The Labute approximate surface area is 212 Å². The van der Waals surface area contributed by atoms with Crippen molar-refractivity contribution < 1.29 is 14.5 Å². The molecule has 1 aliphatic rings. The van der Waals surface area contributed by atoms with Crippen molar-refractivity contribution in [3.8, 4) is 0 Å². The second kappa shape index (κ2) is 11.3. The molecule has 1 aliphatic heterocycles. The molecule has 0 radical (unpaired) electrons. The number of carbonyl (C=O) groups excluding carboxylic acids is 1. The Hall–Kier alpha value is -4.44. The van der Waals surface area contributed by atoms with E-state index in [1.54, 1.807) is 24.1 Å². The first-order chi connectivity index (χ1) is 17.5. The normalized spacial score (nSPS) is 14.5. The number of non-ortho nitro benzene ring substituents is 1. The third-order valence-corrected chi connectivity index (χ3v) is 6.04. The molecule has 10 heteroatoms. The standard InChI is InChI=1S/C26H23N5O4S/c1-3-35-26(32)25-29-30(19-13-15-20(16-14-19)31(33)34)24(36-25)17-23(18-9-5-4-6-10-18)28-22-12-8-7-11-21(22)27-2/h4-17,27H,3H2,1-2H3/b24-17-,28-23?. The zero-order valence-electron chi connectivity index (χ0n) is 19.6. The van der Waals surface area contributed by atoms with Gasteiger partial charge in [-0.25, -0.2) is 14.8 Å². The van der Waals surface area contributed by atoms with Crippen LogP contribution in [0.4, 0.5) is 22.7 Å². The molecule has 0 fully saturated rings. The van der Waals surface area contributed by atoms with Crippen molar-refractivity contribution in [1.29, 1.82) is 0 Å². The van der Waals surface area contributed by atoms with Gasteiger partial charge in [0.1, 0.15) is 5.03 Å². The van der Waals surface area contributed by atoms with Gasteiger partial charge in [0.15, 0.2) is 0 Å². The maximum Gasteiger partial charge on any atom is 0.365 e. The van der Waals surface area contributed by atoms with E-state index in [-0.39, 0.29) is 17.3 Å². The molecule has 4 rings (SSSR count). The van der Waals surface area contributed by atoms with Crippen LogP contribution in [0.5, 0.6) is 0 Å². The summed E-state index contributed by atoms with van der Waals surface area (Å²) in [6.45, 7) is 1.94. The van der Waals surface area contributed by atoms with E-state index in [9.17, 15) is 14.9 Å². The number of esters is 1. The van der Waals surface area contributed by atoms with Gasteiger partial charge in [0.25, 0.3) is 5.69 Å². The fourth-order valence-electron chi connectivity index (χ4n) is 3.39. The monoisotopic (exact) mass is 501 g/mol. The van der Waals surface area contributed by atoms with Crippen LogP contribution in [0.15, 0.2) is 100 Å². The fourth-order valence-corrected chi connectivity index (χ4v) is 4.25. The maximum atomic E-state index is 12.5. The summed E-state index contributed by atoms with van der Waals surface area (Å²) < 4.78 is 5.15. The van der Waals surface area contributed by atoms with Gasteiger partial charge in [-0.3, -0.25) is 10.1 Å². The number of thioether (sulfide) groups is 1. The number of anilines is 2. The quantitative estimate of drug-likeness (QED) is 0.182. The number of ether oxygens (including phenoxy) is 1. The molecule has 0 aliphatic carbocycles. The molecule has 0 aromatic heterocycles. The Morgan fingerprint density at radius 2 is 1.81 bits per heavy atom. The van der Waals surface area contributed by atoms with Crippen molar-refractivity contribution in [3.05, 3.63) is 106 Å². The van der Waals surface area contributed by atoms with Gasteiger partial charge in [-0.2, -0.15) is 5.10 Å². The molecule has 0 amide bonds. The molecule has 0 bridgehead atoms. The van der Waals surface area contributed by atoms with Crippen LogP contribution in [0.25, 0.3) is 0 Å². The van der Waals surface area contributed by atoms with Crippen LogP contribution in [0.2, 0.25) is 0 Å². The van der Waals surface area contributed by atoms with Crippen molar-refractivity contribution in [2.24, 2.45) is 10.1 Å². The number of nitrogens with one attached hydrogen (secondary N) is 1. The number of aliphatic imine (C=N–C) groups is 1. The second-order valence-electron chi connectivity index (χ2n) is 7.43. The molecular formula is C26H23N5O4S. The van der Waals surface area contributed by atoms with E-state index >= 15 is 0 Å². The minimum absolute atomic E-state index is 0.0408. The lowest BCUT2D eigenvalue weighted by Crippen LogP contribution is -2.13. The van der Waals surface area contributed by atoms with Crippen LogP contribution >= 0.6 is 11.8 Å². The fraction of sp³-hybridized carbons (Fsp3) is 0.115. The van der Waals surface area contributed by atoms with Crippen LogP contribution in [-0.2, 0) is 9.53 Å². The summed E-state index contributed by atoms with van der Waals surface area (Å²) in [6, 6.07) is 23.3. The summed E-state index contributed by atoms with van der Waals surface area (Å²) in [4.78, 5) is 28.0. The first-order valence-corrected chi connectivity index (χ1v) is 11.9. The van der Waals surface area contributed by atoms with E-state index in [1.165, 1.54) is 12.1 Å². The van der Waals surface area contributed by atoms with Crippen molar-refractivity contribution >= 4 is 51.2 Å². The van der Waals surface area contributed by atoms with Crippen LogP contribution in [-0.4, -0.2) is 35.3 Å². The molecule has 182 valence electrons. The Morgan fingerprint density at radius 3 is 2.47 bits per heavy atom. The third-order valence-electron chi connectivity index (χ3n) is 5.10. The molecule has 3 aromatic carbocycles. The van der Waals surface area contributed by atoms with Gasteiger partial charge in [-0.1, -0.05) is 42.5 Å². The number of nitrogens with zero attached hydrogens (tertiary/aromatic N) is 4. The van der Waals surface area contributed by atoms with Crippen molar-refractivity contribution in [1.82, 2.24) is 0 Å². The zero-order valence-corrected chi connectivity index (χ0v) is 20.4. The molecule has 9 nitrogen and oxygen atoms in total. The average molecular weight is 502 g/mol.